The molecule has 0 unspecified atom stereocenters. The Morgan fingerprint density at radius 1 is 1.03 bits per heavy atom. The van der Waals surface area contributed by atoms with Crippen LogP contribution < -0.4 is 15.4 Å². The van der Waals surface area contributed by atoms with Crippen LogP contribution in [0.25, 0.3) is 11.5 Å². The van der Waals surface area contributed by atoms with E-state index in [1.165, 1.54) is 5.56 Å². The van der Waals surface area contributed by atoms with E-state index in [9.17, 15) is 0 Å². The molecule has 0 saturated heterocycles. The van der Waals surface area contributed by atoms with Gasteiger partial charge in [-0.2, -0.15) is 0 Å². The van der Waals surface area contributed by atoms with Crippen molar-refractivity contribution in [1.29, 1.82) is 0 Å². The molecular formula is C23H28N4O2. The molecule has 0 aliphatic rings. The number of guanidine groups is 1. The Morgan fingerprint density at radius 2 is 1.83 bits per heavy atom. The van der Waals surface area contributed by atoms with E-state index in [0.29, 0.717) is 19.0 Å². The van der Waals surface area contributed by atoms with E-state index in [1.807, 2.05) is 42.5 Å². The lowest BCUT2D eigenvalue weighted by Gasteiger charge is -2.11. The van der Waals surface area contributed by atoms with Gasteiger partial charge >= 0.3 is 0 Å². The van der Waals surface area contributed by atoms with Crippen molar-refractivity contribution in [2.24, 2.45) is 4.99 Å². The predicted molar refractivity (Wildman–Crippen MR) is 116 cm³/mol. The fourth-order valence-electron chi connectivity index (χ4n) is 2.75. The minimum absolute atomic E-state index is 0.548. The monoisotopic (exact) mass is 392 g/mol. The van der Waals surface area contributed by atoms with Gasteiger partial charge in [0.25, 0.3) is 0 Å². The molecule has 1 heterocycles. The second kappa shape index (κ2) is 10.9. The quantitative estimate of drug-likeness (QED) is 0.325. The molecule has 1 aromatic heterocycles. The summed E-state index contributed by atoms with van der Waals surface area (Å²) in [7, 11) is 1.76. The standard InChI is InChI=1S/C23H28N4O2/c1-18-10-12-21(13-11-18)28-15-7-6-14-25-23(24-2)26-16-20-17-29-22(27-20)19-8-4-3-5-9-19/h3-5,8-13,17H,6-7,14-16H2,1-2H3,(H2,24,25,26). The highest BCUT2D eigenvalue weighted by Crippen LogP contribution is 2.17. The molecule has 2 aromatic carbocycles. The average Bonchev–Trinajstić information content (AvgIpc) is 3.24. The van der Waals surface area contributed by atoms with Crippen LogP contribution in [0.2, 0.25) is 0 Å². The van der Waals surface area contributed by atoms with Crippen molar-refractivity contribution in [2.75, 3.05) is 20.2 Å². The van der Waals surface area contributed by atoms with Crippen molar-refractivity contribution in [3.63, 3.8) is 0 Å². The number of hydrogen-bond donors (Lipinski definition) is 2. The van der Waals surface area contributed by atoms with Crippen LogP contribution in [0.5, 0.6) is 5.75 Å². The Hall–Kier alpha value is -3.28. The summed E-state index contributed by atoms with van der Waals surface area (Å²) >= 11 is 0. The molecule has 0 bridgehead atoms. The number of oxazole rings is 1. The molecule has 0 saturated carbocycles. The van der Waals surface area contributed by atoms with Crippen molar-refractivity contribution in [2.45, 2.75) is 26.3 Å². The molecular weight excluding hydrogens is 364 g/mol. The molecule has 29 heavy (non-hydrogen) atoms. The molecule has 3 rings (SSSR count). The smallest absolute Gasteiger partial charge is 0.226 e. The Kier molecular flexibility index (Phi) is 7.69. The molecule has 0 atom stereocenters. The third-order valence-electron chi connectivity index (χ3n) is 4.39. The molecule has 0 amide bonds. The summed E-state index contributed by atoms with van der Waals surface area (Å²) in [5.74, 6) is 2.29. The normalized spacial score (nSPS) is 11.3. The van der Waals surface area contributed by atoms with E-state index in [4.69, 9.17) is 9.15 Å². The topological polar surface area (TPSA) is 71.7 Å². The summed E-state index contributed by atoms with van der Waals surface area (Å²) in [5.41, 5.74) is 3.04. The van der Waals surface area contributed by atoms with Crippen LogP contribution in [0.1, 0.15) is 24.1 Å². The molecule has 0 fully saturated rings. The molecule has 0 aliphatic carbocycles. The summed E-state index contributed by atoms with van der Waals surface area (Å²) in [6.07, 6.45) is 3.64. The first-order valence-corrected chi connectivity index (χ1v) is 9.88. The number of nitrogens with zero attached hydrogens (tertiary/aromatic N) is 2. The van der Waals surface area contributed by atoms with Crippen LogP contribution in [0, 0.1) is 6.92 Å². The van der Waals surface area contributed by atoms with Crippen molar-refractivity contribution in [3.8, 4) is 17.2 Å². The maximum absolute atomic E-state index is 5.75. The molecule has 152 valence electrons. The van der Waals surface area contributed by atoms with Crippen LogP contribution >= 0.6 is 0 Å². The van der Waals surface area contributed by atoms with Gasteiger partial charge in [-0.1, -0.05) is 35.9 Å². The number of hydrogen-bond acceptors (Lipinski definition) is 4. The first-order valence-electron chi connectivity index (χ1n) is 9.88. The number of aryl methyl sites for hydroxylation is 1. The number of unbranched alkanes of at least 4 members (excludes halogenated alkanes) is 1. The van der Waals surface area contributed by atoms with E-state index in [1.54, 1.807) is 13.3 Å². The second-order valence-electron chi connectivity index (χ2n) is 6.73. The largest absolute Gasteiger partial charge is 0.494 e. The van der Waals surface area contributed by atoms with Crippen LogP contribution in [0.15, 0.2) is 70.3 Å². The van der Waals surface area contributed by atoms with Crippen LogP contribution in [-0.2, 0) is 6.54 Å². The van der Waals surface area contributed by atoms with Gasteiger partial charge in [0.15, 0.2) is 5.96 Å². The highest BCUT2D eigenvalue weighted by Gasteiger charge is 2.06. The summed E-state index contributed by atoms with van der Waals surface area (Å²) in [5, 5.41) is 6.57. The minimum atomic E-state index is 0.548. The summed E-state index contributed by atoms with van der Waals surface area (Å²) in [4.78, 5) is 8.76. The van der Waals surface area contributed by atoms with Crippen LogP contribution in [0.3, 0.4) is 0 Å². The molecule has 6 heteroatoms. The molecule has 6 nitrogen and oxygen atoms in total. The third kappa shape index (κ3) is 6.68. The van der Waals surface area contributed by atoms with Crippen LogP contribution in [0.4, 0.5) is 0 Å². The lowest BCUT2D eigenvalue weighted by atomic mass is 10.2. The average molecular weight is 393 g/mol. The van der Waals surface area contributed by atoms with E-state index >= 15 is 0 Å². The number of nitrogens with one attached hydrogen (secondary N) is 2. The minimum Gasteiger partial charge on any atom is -0.494 e. The summed E-state index contributed by atoms with van der Waals surface area (Å²) < 4.78 is 11.3. The summed E-state index contributed by atoms with van der Waals surface area (Å²) in [6, 6.07) is 18.0. The van der Waals surface area contributed by atoms with Gasteiger partial charge in [-0.3, -0.25) is 4.99 Å². The Labute approximate surface area is 172 Å². The maximum Gasteiger partial charge on any atom is 0.226 e. The highest BCUT2D eigenvalue weighted by atomic mass is 16.5. The van der Waals surface area contributed by atoms with Gasteiger partial charge in [0.2, 0.25) is 5.89 Å². The van der Waals surface area contributed by atoms with Crippen molar-refractivity contribution in [3.05, 3.63) is 72.1 Å². The fraction of sp³-hybridized carbons (Fsp3) is 0.304. The first kappa shape index (κ1) is 20.5. The molecule has 2 N–H and O–H groups in total. The van der Waals surface area contributed by atoms with E-state index in [2.05, 4.69) is 39.7 Å². The van der Waals surface area contributed by atoms with Gasteiger partial charge < -0.3 is 19.8 Å². The zero-order chi connectivity index (χ0) is 20.3. The van der Waals surface area contributed by atoms with Gasteiger partial charge in [-0.15, -0.1) is 0 Å². The SMILES string of the molecule is CN=C(NCCCCOc1ccc(C)cc1)NCc1coc(-c2ccccc2)n1. The second-order valence-corrected chi connectivity index (χ2v) is 6.73. The zero-order valence-corrected chi connectivity index (χ0v) is 17.0. The number of aromatic nitrogens is 1. The van der Waals surface area contributed by atoms with Gasteiger partial charge in [-0.05, 0) is 44.0 Å². The Balaban J connectivity index is 1.32. The van der Waals surface area contributed by atoms with Gasteiger partial charge in [0.05, 0.1) is 18.8 Å². The predicted octanol–water partition coefficient (Wildman–Crippen LogP) is 4.17. The lowest BCUT2D eigenvalue weighted by Crippen LogP contribution is -2.37. The lowest BCUT2D eigenvalue weighted by molar-refractivity contribution is 0.307. The van der Waals surface area contributed by atoms with E-state index in [0.717, 1.165) is 42.4 Å². The number of rotatable bonds is 9. The van der Waals surface area contributed by atoms with Gasteiger partial charge in [0, 0.05) is 19.2 Å². The molecule has 0 radical (unpaired) electrons. The molecule has 0 spiro atoms. The maximum atomic E-state index is 5.75. The number of ether oxygens (including phenoxy) is 1. The van der Waals surface area contributed by atoms with E-state index in [-0.39, 0.29) is 0 Å². The highest BCUT2D eigenvalue weighted by molar-refractivity contribution is 5.79. The Bertz CT molecular complexity index is 889. The van der Waals surface area contributed by atoms with Gasteiger partial charge in [-0.25, -0.2) is 4.98 Å². The van der Waals surface area contributed by atoms with Crippen LogP contribution in [-0.4, -0.2) is 31.1 Å². The van der Waals surface area contributed by atoms with Crippen molar-refractivity contribution >= 4 is 5.96 Å². The fourth-order valence-corrected chi connectivity index (χ4v) is 2.75. The number of aliphatic imine (C=N–C) groups is 1. The zero-order valence-electron chi connectivity index (χ0n) is 17.0. The molecule has 0 aliphatic heterocycles. The molecule has 3 aromatic rings. The van der Waals surface area contributed by atoms with Crippen molar-refractivity contribution < 1.29 is 9.15 Å². The number of benzene rings is 2. The Morgan fingerprint density at radius 3 is 2.59 bits per heavy atom. The van der Waals surface area contributed by atoms with Crippen molar-refractivity contribution in [1.82, 2.24) is 15.6 Å². The third-order valence-corrected chi connectivity index (χ3v) is 4.39. The summed E-state index contributed by atoms with van der Waals surface area (Å²) in [6.45, 7) is 4.15. The van der Waals surface area contributed by atoms with E-state index < -0.39 is 0 Å². The first-order chi connectivity index (χ1) is 14.2. The van der Waals surface area contributed by atoms with Gasteiger partial charge in [0.1, 0.15) is 12.0 Å².